The van der Waals surface area contributed by atoms with Gasteiger partial charge in [-0.05, 0) is 58.7 Å². The van der Waals surface area contributed by atoms with E-state index in [1.165, 1.54) is 19.3 Å². The van der Waals surface area contributed by atoms with E-state index < -0.39 is 6.10 Å². The highest BCUT2D eigenvalue weighted by molar-refractivity contribution is 5.84. The highest BCUT2D eigenvalue weighted by atomic mass is 16.5. The molecule has 3 rings (SSSR count). The van der Waals surface area contributed by atoms with Gasteiger partial charge in [0.15, 0.2) is 11.5 Å². The van der Waals surface area contributed by atoms with Crippen LogP contribution in [0.15, 0.2) is 54.6 Å². The summed E-state index contributed by atoms with van der Waals surface area (Å²) in [7, 11) is 3.19. The molecule has 1 atom stereocenters. The lowest BCUT2D eigenvalue weighted by Gasteiger charge is -2.15. The maximum absolute atomic E-state index is 10.9. The molecule has 29 heavy (non-hydrogen) atoms. The molecular weight excluding hydrogens is 364 g/mol. The van der Waals surface area contributed by atoms with Crippen LogP contribution in [0.5, 0.6) is 17.2 Å². The maximum Gasteiger partial charge on any atom is 0.161 e. The van der Waals surface area contributed by atoms with Gasteiger partial charge in [0.25, 0.3) is 0 Å². The lowest BCUT2D eigenvalue weighted by Crippen LogP contribution is -2.01. The molecule has 0 radical (unpaired) electrons. The molecule has 0 fully saturated rings. The molecule has 1 N–H and O–H groups in total. The molecule has 0 bridgehead atoms. The van der Waals surface area contributed by atoms with Crippen LogP contribution >= 0.6 is 0 Å². The fourth-order valence-electron chi connectivity index (χ4n) is 3.44. The molecule has 4 heteroatoms. The molecule has 4 nitrogen and oxygen atoms in total. The van der Waals surface area contributed by atoms with E-state index in [2.05, 4.69) is 13.0 Å². The Morgan fingerprint density at radius 3 is 2.21 bits per heavy atom. The molecule has 0 aliphatic rings. The van der Waals surface area contributed by atoms with Crippen LogP contribution in [-0.2, 0) is 0 Å². The van der Waals surface area contributed by atoms with Crippen LogP contribution in [0, 0.1) is 0 Å². The number of fused-ring (bicyclic) bond motifs is 1. The number of aliphatic hydroxyl groups is 1. The van der Waals surface area contributed by atoms with Crippen molar-refractivity contribution in [3.8, 4) is 17.2 Å². The molecule has 1 unspecified atom stereocenters. The van der Waals surface area contributed by atoms with Gasteiger partial charge in [-0.3, -0.25) is 0 Å². The van der Waals surface area contributed by atoms with Gasteiger partial charge >= 0.3 is 0 Å². The molecule has 0 spiro atoms. The van der Waals surface area contributed by atoms with E-state index in [1.807, 2.05) is 48.5 Å². The third kappa shape index (κ3) is 5.21. The van der Waals surface area contributed by atoms with Crippen LogP contribution < -0.4 is 14.2 Å². The van der Waals surface area contributed by atoms with E-state index in [0.717, 1.165) is 40.7 Å². The molecule has 0 saturated heterocycles. The van der Waals surface area contributed by atoms with E-state index in [1.54, 1.807) is 14.2 Å². The van der Waals surface area contributed by atoms with Crippen LogP contribution in [0.3, 0.4) is 0 Å². The average Bonchev–Trinajstić information content (AvgIpc) is 2.77. The van der Waals surface area contributed by atoms with E-state index in [9.17, 15) is 5.11 Å². The van der Waals surface area contributed by atoms with E-state index in [-0.39, 0.29) is 0 Å². The lowest BCUT2D eigenvalue weighted by molar-refractivity contribution is 0.219. The quantitative estimate of drug-likeness (QED) is 0.435. The minimum atomic E-state index is -0.742. The fraction of sp³-hybridized carbons (Fsp3) is 0.360. The number of unbranched alkanes of at least 4 members (excludes halogenated alkanes) is 3. The Labute approximate surface area is 173 Å². The zero-order chi connectivity index (χ0) is 20.6. The minimum Gasteiger partial charge on any atom is -0.494 e. The number of benzene rings is 3. The molecule has 0 aliphatic carbocycles. The summed E-state index contributed by atoms with van der Waals surface area (Å²) in [5, 5.41) is 13.0. The Morgan fingerprint density at radius 2 is 1.45 bits per heavy atom. The second-order valence-electron chi connectivity index (χ2n) is 7.19. The first-order chi connectivity index (χ1) is 14.2. The van der Waals surface area contributed by atoms with Crippen LogP contribution in [0.25, 0.3) is 10.8 Å². The average molecular weight is 395 g/mol. The van der Waals surface area contributed by atoms with Crippen LogP contribution in [0.2, 0.25) is 0 Å². The smallest absolute Gasteiger partial charge is 0.161 e. The number of hydrogen-bond donors (Lipinski definition) is 1. The Bertz CT molecular complexity index is 935. The molecule has 0 heterocycles. The number of hydrogen-bond acceptors (Lipinski definition) is 4. The normalized spacial score (nSPS) is 12.0. The summed E-state index contributed by atoms with van der Waals surface area (Å²) in [5.41, 5.74) is 1.59. The van der Waals surface area contributed by atoms with Gasteiger partial charge in [0.1, 0.15) is 11.9 Å². The maximum atomic E-state index is 10.9. The Hall–Kier alpha value is -2.72. The Morgan fingerprint density at radius 1 is 0.759 bits per heavy atom. The number of aliphatic hydroxyl groups excluding tert-OH is 1. The minimum absolute atomic E-state index is 0.602. The first kappa shape index (κ1) is 21.0. The zero-order valence-electron chi connectivity index (χ0n) is 17.5. The monoisotopic (exact) mass is 394 g/mol. The molecule has 0 saturated carbocycles. The predicted octanol–water partition coefficient (Wildman–Crippen LogP) is 5.90. The summed E-state index contributed by atoms with van der Waals surface area (Å²) in [5.74, 6) is 2.14. The van der Waals surface area contributed by atoms with Gasteiger partial charge < -0.3 is 19.3 Å². The Kier molecular flexibility index (Phi) is 7.36. The van der Waals surface area contributed by atoms with Crippen molar-refractivity contribution in [1.29, 1.82) is 0 Å². The molecule has 0 amide bonds. The highest BCUT2D eigenvalue weighted by Crippen LogP contribution is 2.33. The first-order valence-corrected chi connectivity index (χ1v) is 10.2. The summed E-state index contributed by atoms with van der Waals surface area (Å²) in [6.07, 6.45) is 4.04. The third-order valence-electron chi connectivity index (χ3n) is 5.14. The third-order valence-corrected chi connectivity index (χ3v) is 5.14. The molecule has 3 aromatic rings. The van der Waals surface area contributed by atoms with Crippen LogP contribution in [0.4, 0.5) is 0 Å². The van der Waals surface area contributed by atoms with E-state index in [4.69, 9.17) is 14.2 Å². The van der Waals surface area contributed by atoms with Gasteiger partial charge in [-0.2, -0.15) is 0 Å². The fourth-order valence-corrected chi connectivity index (χ4v) is 3.44. The van der Waals surface area contributed by atoms with Gasteiger partial charge in [-0.15, -0.1) is 0 Å². The summed E-state index contributed by atoms with van der Waals surface area (Å²) < 4.78 is 16.5. The first-order valence-electron chi connectivity index (χ1n) is 10.2. The lowest BCUT2D eigenvalue weighted by atomic mass is 9.98. The topological polar surface area (TPSA) is 47.9 Å². The summed E-state index contributed by atoms with van der Waals surface area (Å²) >= 11 is 0. The van der Waals surface area contributed by atoms with Crippen molar-refractivity contribution in [2.75, 3.05) is 20.8 Å². The summed E-state index contributed by atoms with van der Waals surface area (Å²) in [6.45, 7) is 2.96. The zero-order valence-corrected chi connectivity index (χ0v) is 17.5. The van der Waals surface area contributed by atoms with Gasteiger partial charge in [0.2, 0.25) is 0 Å². The number of ether oxygens (including phenoxy) is 3. The number of methoxy groups -OCH3 is 2. The second kappa shape index (κ2) is 10.2. The molecule has 0 aromatic heterocycles. The summed E-state index contributed by atoms with van der Waals surface area (Å²) in [4.78, 5) is 0. The van der Waals surface area contributed by atoms with Gasteiger partial charge in [0, 0.05) is 0 Å². The molecule has 154 valence electrons. The largest absolute Gasteiger partial charge is 0.494 e. The van der Waals surface area contributed by atoms with Crippen molar-refractivity contribution in [1.82, 2.24) is 0 Å². The summed E-state index contributed by atoms with van der Waals surface area (Å²) in [6, 6.07) is 17.6. The van der Waals surface area contributed by atoms with Crippen molar-refractivity contribution in [3.05, 3.63) is 65.7 Å². The van der Waals surface area contributed by atoms with Gasteiger partial charge in [-0.1, -0.05) is 50.5 Å². The van der Waals surface area contributed by atoms with Crippen molar-refractivity contribution in [2.45, 2.75) is 38.7 Å². The second-order valence-corrected chi connectivity index (χ2v) is 7.19. The van der Waals surface area contributed by atoms with Crippen molar-refractivity contribution < 1.29 is 19.3 Å². The SMILES string of the molecule is CCCCCCOc1ccc2cc(C(O)c3ccc(OC)c(OC)c3)ccc2c1. The van der Waals surface area contributed by atoms with Gasteiger partial charge in [-0.25, -0.2) is 0 Å². The van der Waals surface area contributed by atoms with Crippen LogP contribution in [-0.4, -0.2) is 25.9 Å². The van der Waals surface area contributed by atoms with Crippen molar-refractivity contribution in [2.24, 2.45) is 0 Å². The number of rotatable bonds is 10. The standard InChI is InChI=1S/C25H30O4/c1-4-5-6-7-14-29-22-12-10-18-15-20(9-8-19(18)16-22)25(26)21-11-13-23(27-2)24(17-21)28-3/h8-13,15-17,25-26H,4-7,14H2,1-3H3. The highest BCUT2D eigenvalue weighted by Gasteiger charge is 2.14. The van der Waals surface area contributed by atoms with Crippen LogP contribution in [0.1, 0.15) is 49.8 Å². The van der Waals surface area contributed by atoms with Gasteiger partial charge in [0.05, 0.1) is 20.8 Å². The van der Waals surface area contributed by atoms with Crippen molar-refractivity contribution in [3.63, 3.8) is 0 Å². The predicted molar refractivity (Wildman–Crippen MR) is 117 cm³/mol. The molecule has 0 aliphatic heterocycles. The Balaban J connectivity index is 1.74. The molecular formula is C25H30O4. The van der Waals surface area contributed by atoms with E-state index in [0.29, 0.717) is 11.5 Å². The van der Waals surface area contributed by atoms with Crippen molar-refractivity contribution >= 4 is 10.8 Å². The molecule has 3 aromatic carbocycles. The van der Waals surface area contributed by atoms with E-state index >= 15 is 0 Å².